The summed E-state index contributed by atoms with van der Waals surface area (Å²) < 4.78 is 5.31. The van der Waals surface area contributed by atoms with Crippen LogP contribution in [0.15, 0.2) is 0 Å². The van der Waals surface area contributed by atoms with E-state index >= 15 is 0 Å². The van der Waals surface area contributed by atoms with Crippen LogP contribution in [-0.2, 0) is 9.53 Å². The number of ether oxygens (including phenoxy) is 1. The van der Waals surface area contributed by atoms with Crippen LogP contribution in [-0.4, -0.2) is 41.9 Å². The normalized spacial score (nSPS) is 25.6. The highest BCUT2D eigenvalue weighted by Crippen LogP contribution is 2.12. The molecule has 3 N–H and O–H groups in total. The fourth-order valence-electron chi connectivity index (χ4n) is 1.79. The number of aliphatic carboxylic acids is 1. The molecular formula is C11H20N2O4. The van der Waals surface area contributed by atoms with Crippen LogP contribution in [0.1, 0.15) is 27.2 Å². The molecule has 1 heterocycles. The summed E-state index contributed by atoms with van der Waals surface area (Å²) in [7, 11) is 0. The Hall–Kier alpha value is -1.30. The Kier molecular flexibility index (Phi) is 4.74. The molecule has 1 aliphatic rings. The van der Waals surface area contributed by atoms with E-state index in [1.807, 2.05) is 6.92 Å². The average molecular weight is 244 g/mol. The lowest BCUT2D eigenvalue weighted by atomic mass is 10.1. The first kappa shape index (κ1) is 13.8. The van der Waals surface area contributed by atoms with Gasteiger partial charge < -0.3 is 20.5 Å². The fourth-order valence-corrected chi connectivity index (χ4v) is 1.79. The van der Waals surface area contributed by atoms with E-state index in [2.05, 4.69) is 10.6 Å². The van der Waals surface area contributed by atoms with Crippen molar-refractivity contribution in [3.05, 3.63) is 0 Å². The molecule has 0 bridgehead atoms. The number of carbonyl (C=O) groups excluding carboxylic acids is 1. The topological polar surface area (TPSA) is 87.7 Å². The number of hydrogen-bond acceptors (Lipinski definition) is 3. The van der Waals surface area contributed by atoms with Crippen LogP contribution in [0.4, 0.5) is 4.79 Å². The van der Waals surface area contributed by atoms with Crippen molar-refractivity contribution in [2.45, 2.75) is 45.4 Å². The molecule has 2 amide bonds. The third-order valence-corrected chi connectivity index (χ3v) is 2.91. The van der Waals surface area contributed by atoms with Gasteiger partial charge in [-0.3, -0.25) is 0 Å². The summed E-state index contributed by atoms with van der Waals surface area (Å²) in [6, 6.07) is -1.36. The molecule has 0 spiro atoms. The number of hydrogen-bond donors (Lipinski definition) is 3. The summed E-state index contributed by atoms with van der Waals surface area (Å²) in [5.74, 6) is -1.18. The highest BCUT2D eigenvalue weighted by Gasteiger charge is 2.28. The maximum absolute atomic E-state index is 11.6. The zero-order chi connectivity index (χ0) is 13.0. The van der Waals surface area contributed by atoms with Crippen LogP contribution < -0.4 is 10.6 Å². The fraction of sp³-hybridized carbons (Fsp3) is 0.818. The van der Waals surface area contributed by atoms with E-state index in [9.17, 15) is 9.59 Å². The molecule has 2 unspecified atom stereocenters. The highest BCUT2D eigenvalue weighted by atomic mass is 16.5. The van der Waals surface area contributed by atoms with Crippen molar-refractivity contribution >= 4 is 12.0 Å². The van der Waals surface area contributed by atoms with Gasteiger partial charge in [-0.15, -0.1) is 0 Å². The van der Waals surface area contributed by atoms with E-state index in [-0.39, 0.29) is 18.1 Å². The van der Waals surface area contributed by atoms with E-state index in [1.165, 1.54) is 0 Å². The number of nitrogens with one attached hydrogen (secondary N) is 2. The third-order valence-electron chi connectivity index (χ3n) is 2.91. The van der Waals surface area contributed by atoms with Crippen molar-refractivity contribution in [1.29, 1.82) is 0 Å². The molecular weight excluding hydrogens is 224 g/mol. The SMILES string of the molecule is CC1OCCC1NC(=O)N[C@H](C(=O)O)C(C)C. The van der Waals surface area contributed by atoms with Crippen LogP contribution in [0.3, 0.4) is 0 Å². The Balaban J connectivity index is 2.45. The summed E-state index contributed by atoms with van der Waals surface area (Å²) >= 11 is 0. The molecule has 0 radical (unpaired) electrons. The van der Waals surface area contributed by atoms with Gasteiger partial charge in [0.05, 0.1) is 12.1 Å². The summed E-state index contributed by atoms with van der Waals surface area (Å²) in [5.41, 5.74) is 0. The van der Waals surface area contributed by atoms with Gasteiger partial charge in [-0.05, 0) is 19.3 Å². The van der Waals surface area contributed by atoms with Gasteiger partial charge in [0.15, 0.2) is 0 Å². The molecule has 3 atom stereocenters. The van der Waals surface area contributed by atoms with Gasteiger partial charge >= 0.3 is 12.0 Å². The minimum atomic E-state index is -1.02. The van der Waals surface area contributed by atoms with Crippen molar-refractivity contribution in [2.75, 3.05) is 6.61 Å². The van der Waals surface area contributed by atoms with Gasteiger partial charge in [-0.25, -0.2) is 9.59 Å². The molecule has 0 aliphatic carbocycles. The zero-order valence-electron chi connectivity index (χ0n) is 10.4. The van der Waals surface area contributed by atoms with Crippen molar-refractivity contribution in [1.82, 2.24) is 10.6 Å². The molecule has 6 heteroatoms. The molecule has 0 aromatic heterocycles. The van der Waals surface area contributed by atoms with Gasteiger partial charge in [-0.1, -0.05) is 13.8 Å². The van der Waals surface area contributed by atoms with Crippen LogP contribution in [0.5, 0.6) is 0 Å². The predicted molar refractivity (Wildman–Crippen MR) is 61.7 cm³/mol. The zero-order valence-corrected chi connectivity index (χ0v) is 10.4. The van der Waals surface area contributed by atoms with Crippen molar-refractivity contribution in [3.8, 4) is 0 Å². The summed E-state index contributed by atoms with van der Waals surface area (Å²) in [5, 5.41) is 14.1. The number of carbonyl (C=O) groups is 2. The first-order valence-electron chi connectivity index (χ1n) is 5.83. The lowest BCUT2D eigenvalue weighted by molar-refractivity contribution is -0.140. The van der Waals surface area contributed by atoms with Crippen molar-refractivity contribution in [3.63, 3.8) is 0 Å². The second kappa shape index (κ2) is 5.86. The van der Waals surface area contributed by atoms with E-state index < -0.39 is 18.0 Å². The lowest BCUT2D eigenvalue weighted by Crippen LogP contribution is -2.52. The number of rotatable bonds is 4. The highest BCUT2D eigenvalue weighted by molar-refractivity contribution is 5.82. The Morgan fingerprint density at radius 2 is 2.06 bits per heavy atom. The molecule has 1 saturated heterocycles. The third kappa shape index (κ3) is 3.89. The molecule has 98 valence electrons. The first-order valence-corrected chi connectivity index (χ1v) is 5.83. The molecule has 17 heavy (non-hydrogen) atoms. The van der Waals surface area contributed by atoms with Crippen molar-refractivity contribution < 1.29 is 19.4 Å². The molecule has 0 aromatic rings. The molecule has 6 nitrogen and oxygen atoms in total. The Morgan fingerprint density at radius 3 is 2.47 bits per heavy atom. The standard InChI is InChI=1S/C11H20N2O4/c1-6(2)9(10(14)15)13-11(16)12-8-4-5-17-7(8)3/h6-9H,4-5H2,1-3H3,(H,14,15)(H2,12,13,16)/t7?,8?,9-/m0/s1. The lowest BCUT2D eigenvalue weighted by Gasteiger charge is -2.21. The number of carboxylic acid groups (broad SMARTS) is 1. The summed E-state index contributed by atoms with van der Waals surface area (Å²) in [6.07, 6.45) is 0.733. The van der Waals surface area contributed by atoms with Crippen LogP contribution in [0.25, 0.3) is 0 Å². The number of amides is 2. The number of carboxylic acids is 1. The Bertz CT molecular complexity index is 293. The Labute approximate surface area is 101 Å². The van der Waals surface area contributed by atoms with Gasteiger partial charge in [0.2, 0.25) is 0 Å². The van der Waals surface area contributed by atoms with Crippen LogP contribution in [0.2, 0.25) is 0 Å². The molecule has 0 saturated carbocycles. The summed E-state index contributed by atoms with van der Waals surface area (Å²) in [6.45, 7) is 6.01. The first-order chi connectivity index (χ1) is 7.91. The summed E-state index contributed by atoms with van der Waals surface area (Å²) in [4.78, 5) is 22.5. The minimum absolute atomic E-state index is 0.0249. The van der Waals surface area contributed by atoms with Gasteiger partial charge in [-0.2, -0.15) is 0 Å². The second-order valence-electron chi connectivity index (χ2n) is 4.65. The molecule has 1 aliphatic heterocycles. The number of urea groups is 1. The quantitative estimate of drug-likeness (QED) is 0.674. The monoisotopic (exact) mass is 244 g/mol. The Morgan fingerprint density at radius 1 is 1.41 bits per heavy atom. The average Bonchev–Trinajstić information content (AvgIpc) is 2.60. The molecule has 1 fully saturated rings. The van der Waals surface area contributed by atoms with E-state index in [0.717, 1.165) is 6.42 Å². The minimum Gasteiger partial charge on any atom is -0.480 e. The van der Waals surface area contributed by atoms with Gasteiger partial charge in [0.25, 0.3) is 0 Å². The molecule has 0 aromatic carbocycles. The van der Waals surface area contributed by atoms with E-state index in [4.69, 9.17) is 9.84 Å². The maximum atomic E-state index is 11.6. The predicted octanol–water partition coefficient (Wildman–Crippen LogP) is 0.572. The maximum Gasteiger partial charge on any atom is 0.326 e. The second-order valence-corrected chi connectivity index (χ2v) is 4.65. The smallest absolute Gasteiger partial charge is 0.326 e. The van der Waals surface area contributed by atoms with Crippen LogP contribution in [0, 0.1) is 5.92 Å². The van der Waals surface area contributed by atoms with Gasteiger partial charge in [0.1, 0.15) is 6.04 Å². The van der Waals surface area contributed by atoms with E-state index in [1.54, 1.807) is 13.8 Å². The van der Waals surface area contributed by atoms with Crippen molar-refractivity contribution in [2.24, 2.45) is 5.92 Å². The van der Waals surface area contributed by atoms with E-state index in [0.29, 0.717) is 6.61 Å². The van der Waals surface area contributed by atoms with Crippen LogP contribution >= 0.6 is 0 Å². The van der Waals surface area contributed by atoms with Gasteiger partial charge in [0, 0.05) is 6.61 Å². The largest absolute Gasteiger partial charge is 0.480 e. The molecule has 1 rings (SSSR count).